The fraction of sp³-hybridized carbons (Fsp3) is 0.278. The van der Waals surface area contributed by atoms with Crippen molar-refractivity contribution >= 4 is 17.6 Å². The predicted molar refractivity (Wildman–Crippen MR) is 85.7 cm³/mol. The summed E-state index contributed by atoms with van der Waals surface area (Å²) in [6, 6.07) is 10.9. The molecule has 0 saturated carbocycles. The zero-order valence-corrected chi connectivity index (χ0v) is 13.1. The van der Waals surface area contributed by atoms with Crippen LogP contribution in [-0.2, 0) is 17.6 Å². The summed E-state index contributed by atoms with van der Waals surface area (Å²) in [5.41, 5.74) is 4.12. The highest BCUT2D eigenvalue weighted by molar-refractivity contribution is 6.31. The number of carbonyl (C=O) groups is 1. The Hall–Kier alpha value is -2.00. The number of halogens is 1. The lowest BCUT2D eigenvalue weighted by Crippen LogP contribution is -2.14. The van der Waals surface area contributed by atoms with E-state index in [1.54, 1.807) is 12.1 Å². The zero-order chi connectivity index (χ0) is 15.7. The average molecular weight is 317 g/mol. The molecule has 0 bridgehead atoms. The Kier molecular flexibility index (Phi) is 4.08. The molecule has 2 aromatic rings. The summed E-state index contributed by atoms with van der Waals surface area (Å²) in [4.78, 5) is 11.6. The second-order valence-corrected chi connectivity index (χ2v) is 6.03. The van der Waals surface area contributed by atoms with E-state index in [9.17, 15) is 9.90 Å². The van der Waals surface area contributed by atoms with Crippen molar-refractivity contribution in [1.29, 1.82) is 0 Å². The van der Waals surface area contributed by atoms with Crippen molar-refractivity contribution in [3.8, 4) is 5.75 Å². The van der Waals surface area contributed by atoms with E-state index in [-0.39, 0.29) is 11.7 Å². The minimum Gasteiger partial charge on any atom is -0.508 e. The van der Waals surface area contributed by atoms with E-state index >= 15 is 0 Å². The summed E-state index contributed by atoms with van der Waals surface area (Å²) in [5.74, 6) is 0.226. The molecule has 3 nitrogen and oxygen atoms in total. The summed E-state index contributed by atoms with van der Waals surface area (Å²) in [7, 11) is 1.39. The molecule has 0 radical (unpaired) electrons. The Morgan fingerprint density at radius 2 is 2.05 bits per heavy atom. The molecule has 1 atom stereocenters. The summed E-state index contributed by atoms with van der Waals surface area (Å²) >= 11 is 6.25. The maximum absolute atomic E-state index is 11.6. The van der Waals surface area contributed by atoms with Crippen molar-refractivity contribution in [3.05, 3.63) is 63.7 Å². The molecule has 1 N–H and O–H groups in total. The van der Waals surface area contributed by atoms with Crippen LogP contribution >= 0.6 is 11.6 Å². The first-order valence-electron chi connectivity index (χ1n) is 7.27. The number of carbonyl (C=O) groups excluding carboxylic acids is 1. The Balaban J connectivity index is 1.86. The lowest BCUT2D eigenvalue weighted by Gasteiger charge is -2.26. The quantitative estimate of drug-likeness (QED) is 0.848. The maximum Gasteiger partial charge on any atom is 0.337 e. The molecule has 1 unspecified atom stereocenters. The van der Waals surface area contributed by atoms with E-state index in [4.69, 9.17) is 16.3 Å². The number of hydrogen-bond acceptors (Lipinski definition) is 3. The first kappa shape index (κ1) is 14.9. The molecule has 4 heteroatoms. The Bertz CT molecular complexity index is 724. The summed E-state index contributed by atoms with van der Waals surface area (Å²) in [6.07, 6.45) is 2.77. The van der Waals surface area contributed by atoms with E-state index in [0.29, 0.717) is 16.5 Å². The van der Waals surface area contributed by atoms with Crippen LogP contribution in [0.3, 0.4) is 0 Å². The van der Waals surface area contributed by atoms with E-state index in [1.165, 1.54) is 18.2 Å². The number of methoxy groups -OCH3 is 1. The second kappa shape index (κ2) is 6.01. The molecule has 0 heterocycles. The van der Waals surface area contributed by atoms with Gasteiger partial charge in [-0.05, 0) is 66.1 Å². The topological polar surface area (TPSA) is 46.5 Å². The predicted octanol–water partition coefficient (Wildman–Crippen LogP) is 4.10. The van der Waals surface area contributed by atoms with E-state index in [2.05, 4.69) is 0 Å². The van der Waals surface area contributed by atoms with Crippen LogP contribution in [0.2, 0.25) is 5.02 Å². The van der Waals surface area contributed by atoms with Crippen molar-refractivity contribution in [2.24, 2.45) is 0 Å². The van der Waals surface area contributed by atoms with Crippen molar-refractivity contribution in [3.63, 3.8) is 0 Å². The zero-order valence-electron chi connectivity index (χ0n) is 12.3. The molecule has 0 amide bonds. The number of rotatable bonds is 2. The normalized spacial score (nSPS) is 16.9. The third-order valence-corrected chi connectivity index (χ3v) is 4.61. The second-order valence-electron chi connectivity index (χ2n) is 5.62. The molecule has 114 valence electrons. The smallest absolute Gasteiger partial charge is 0.337 e. The standard InChI is InChI=1S/C18H17ClO3/c1-22-18(21)14-5-3-11-8-13(4-2-12(11)9-14)16-7-6-15(20)10-17(16)19/h3,5-7,9-10,13,20H,2,4,8H2,1H3. The fourth-order valence-corrected chi connectivity index (χ4v) is 3.44. The third kappa shape index (κ3) is 2.81. The first-order chi connectivity index (χ1) is 10.6. The van der Waals surface area contributed by atoms with Gasteiger partial charge in [-0.3, -0.25) is 0 Å². The Morgan fingerprint density at radius 1 is 1.23 bits per heavy atom. The SMILES string of the molecule is COC(=O)c1ccc2c(c1)CCC(c1ccc(O)cc1Cl)C2. The number of esters is 1. The molecule has 0 saturated heterocycles. The molecule has 22 heavy (non-hydrogen) atoms. The van der Waals surface area contributed by atoms with Gasteiger partial charge in [-0.25, -0.2) is 4.79 Å². The van der Waals surface area contributed by atoms with Gasteiger partial charge in [-0.1, -0.05) is 23.7 Å². The molecule has 0 aliphatic heterocycles. The molecule has 1 aliphatic carbocycles. The van der Waals surface area contributed by atoms with Crippen LogP contribution in [0.1, 0.15) is 39.4 Å². The molecular weight excluding hydrogens is 300 g/mol. The van der Waals surface area contributed by atoms with Gasteiger partial charge in [0.2, 0.25) is 0 Å². The van der Waals surface area contributed by atoms with Gasteiger partial charge < -0.3 is 9.84 Å². The number of benzene rings is 2. The molecule has 0 fully saturated rings. The molecule has 1 aliphatic rings. The van der Waals surface area contributed by atoms with Gasteiger partial charge in [0.25, 0.3) is 0 Å². The number of hydrogen-bond donors (Lipinski definition) is 1. The lowest BCUT2D eigenvalue weighted by atomic mass is 9.79. The van der Waals surface area contributed by atoms with Crippen LogP contribution in [0, 0.1) is 0 Å². The number of fused-ring (bicyclic) bond motifs is 1. The largest absolute Gasteiger partial charge is 0.508 e. The summed E-state index contributed by atoms with van der Waals surface area (Å²) in [6.45, 7) is 0. The van der Waals surface area contributed by atoms with Gasteiger partial charge in [-0.15, -0.1) is 0 Å². The highest BCUT2D eigenvalue weighted by atomic mass is 35.5. The van der Waals surface area contributed by atoms with Crippen LogP contribution in [0.25, 0.3) is 0 Å². The minimum atomic E-state index is -0.300. The summed E-state index contributed by atoms with van der Waals surface area (Å²) in [5, 5.41) is 10.1. The van der Waals surface area contributed by atoms with E-state index in [1.807, 2.05) is 24.3 Å². The van der Waals surface area contributed by atoms with Crippen molar-refractivity contribution in [1.82, 2.24) is 0 Å². The highest BCUT2D eigenvalue weighted by Crippen LogP contribution is 2.37. The number of aryl methyl sites for hydroxylation is 1. The molecule has 2 aromatic carbocycles. The van der Waals surface area contributed by atoms with Crippen molar-refractivity contribution in [2.45, 2.75) is 25.2 Å². The Labute approximate surface area is 134 Å². The van der Waals surface area contributed by atoms with Gasteiger partial charge in [0.05, 0.1) is 12.7 Å². The lowest BCUT2D eigenvalue weighted by molar-refractivity contribution is 0.0600. The maximum atomic E-state index is 11.6. The van der Waals surface area contributed by atoms with Crippen LogP contribution in [0.4, 0.5) is 0 Å². The third-order valence-electron chi connectivity index (χ3n) is 4.28. The minimum absolute atomic E-state index is 0.188. The van der Waals surface area contributed by atoms with Crippen molar-refractivity contribution in [2.75, 3.05) is 7.11 Å². The van der Waals surface area contributed by atoms with Crippen LogP contribution in [-0.4, -0.2) is 18.2 Å². The fourth-order valence-electron chi connectivity index (χ4n) is 3.11. The number of ether oxygens (including phenoxy) is 1. The molecule has 0 spiro atoms. The summed E-state index contributed by atoms with van der Waals surface area (Å²) < 4.78 is 4.76. The highest BCUT2D eigenvalue weighted by Gasteiger charge is 2.23. The van der Waals surface area contributed by atoms with Crippen LogP contribution in [0.15, 0.2) is 36.4 Å². The first-order valence-corrected chi connectivity index (χ1v) is 7.65. The van der Waals surface area contributed by atoms with Gasteiger partial charge in [0.1, 0.15) is 5.75 Å². The Morgan fingerprint density at radius 3 is 2.77 bits per heavy atom. The van der Waals surface area contributed by atoms with Crippen LogP contribution in [0.5, 0.6) is 5.75 Å². The van der Waals surface area contributed by atoms with E-state index in [0.717, 1.165) is 24.8 Å². The monoisotopic (exact) mass is 316 g/mol. The number of phenols is 1. The van der Waals surface area contributed by atoms with Gasteiger partial charge in [-0.2, -0.15) is 0 Å². The number of phenolic OH excluding ortho intramolecular Hbond substituents is 1. The number of aromatic hydroxyl groups is 1. The molecular formula is C18H17ClO3. The van der Waals surface area contributed by atoms with Gasteiger partial charge >= 0.3 is 5.97 Å². The van der Waals surface area contributed by atoms with Crippen molar-refractivity contribution < 1.29 is 14.6 Å². The van der Waals surface area contributed by atoms with E-state index < -0.39 is 0 Å². The molecule has 3 rings (SSSR count). The van der Waals surface area contributed by atoms with Crippen LogP contribution < -0.4 is 0 Å². The van der Waals surface area contributed by atoms with Gasteiger partial charge in [0.15, 0.2) is 0 Å². The van der Waals surface area contributed by atoms with Gasteiger partial charge in [0, 0.05) is 5.02 Å². The molecule has 0 aromatic heterocycles. The average Bonchev–Trinajstić information content (AvgIpc) is 2.53.